The fourth-order valence-electron chi connectivity index (χ4n) is 1.20. The van der Waals surface area contributed by atoms with Crippen molar-refractivity contribution in [2.45, 2.75) is 16.7 Å². The summed E-state index contributed by atoms with van der Waals surface area (Å²) in [5.74, 6) is 0. The van der Waals surface area contributed by atoms with Gasteiger partial charge in [-0.2, -0.15) is 8.42 Å². The lowest BCUT2D eigenvalue weighted by atomic mass is 10.2. The summed E-state index contributed by atoms with van der Waals surface area (Å²) >= 11 is 10.9. The summed E-state index contributed by atoms with van der Waals surface area (Å²) in [7, 11) is -9.47. The predicted octanol–water partition coefficient (Wildman–Crippen LogP) is 1.20. The zero-order valence-corrected chi connectivity index (χ0v) is 12.5. The van der Waals surface area contributed by atoms with Crippen LogP contribution in [0.3, 0.4) is 0 Å². The highest BCUT2D eigenvalue weighted by Gasteiger charge is 2.35. The third-order valence-electron chi connectivity index (χ3n) is 1.99. The average Bonchev–Trinajstić information content (AvgIpc) is 2.26. The van der Waals surface area contributed by atoms with Gasteiger partial charge in [0, 0.05) is 6.54 Å². The number of nitrogens with two attached hydrogens (primary N) is 1. The Morgan fingerprint density at radius 3 is 2.47 bits per heavy atom. The van der Waals surface area contributed by atoms with Gasteiger partial charge in [0.1, 0.15) is 4.90 Å². The summed E-state index contributed by atoms with van der Waals surface area (Å²) in [5, 5.41) is -2.52. The third kappa shape index (κ3) is 4.14. The molecule has 0 aliphatic rings. The van der Waals surface area contributed by atoms with Crippen molar-refractivity contribution in [2.24, 2.45) is 5.73 Å². The highest BCUT2D eigenvalue weighted by atomic mass is 35.5. The van der Waals surface area contributed by atoms with Crippen LogP contribution in [0, 0.1) is 0 Å². The molecule has 0 saturated heterocycles. The van der Waals surface area contributed by atoms with Crippen LogP contribution < -0.4 is 5.73 Å². The van der Waals surface area contributed by atoms with Crippen molar-refractivity contribution < 1.29 is 27.0 Å². The molecule has 1 aromatic rings. The molecule has 4 N–H and O–H groups in total. The van der Waals surface area contributed by atoms with E-state index in [0.717, 1.165) is 0 Å². The van der Waals surface area contributed by atoms with Crippen molar-refractivity contribution in [2.75, 3.05) is 0 Å². The predicted molar refractivity (Wildman–Crippen MR) is 69.3 cm³/mol. The topological polar surface area (TPSA) is 127 Å². The molecule has 0 heterocycles. The van der Waals surface area contributed by atoms with Gasteiger partial charge < -0.3 is 15.5 Å². The standard InChI is InChI=1S/C8H10Cl2NO6PS/c9-6-3-1-2-5(4-11)7(6)19(15,16)17-8(10)18(12,13)14/h1-3,8H,4,11H2,(H2,12,13,14). The average molecular weight is 350 g/mol. The van der Waals surface area contributed by atoms with E-state index in [-0.39, 0.29) is 17.1 Å². The van der Waals surface area contributed by atoms with Crippen molar-refractivity contribution in [3.63, 3.8) is 0 Å². The van der Waals surface area contributed by atoms with Gasteiger partial charge in [0.15, 0.2) is 0 Å². The van der Waals surface area contributed by atoms with Crippen molar-refractivity contribution >= 4 is 40.9 Å². The van der Waals surface area contributed by atoms with E-state index >= 15 is 0 Å². The smallest absolute Gasteiger partial charge is 0.326 e. The first kappa shape index (κ1) is 16.9. The van der Waals surface area contributed by atoms with Crippen LogP contribution >= 0.6 is 30.8 Å². The summed E-state index contributed by atoms with van der Waals surface area (Å²) in [6.45, 7) is -0.151. The van der Waals surface area contributed by atoms with E-state index < -0.39 is 27.9 Å². The summed E-state index contributed by atoms with van der Waals surface area (Å²) in [6.07, 6.45) is 0. The lowest BCUT2D eigenvalue weighted by Crippen LogP contribution is -2.17. The first-order valence-electron chi connectivity index (χ1n) is 4.69. The molecule has 0 fully saturated rings. The second kappa shape index (κ2) is 6.07. The number of benzene rings is 1. The summed E-state index contributed by atoms with van der Waals surface area (Å²) in [5.41, 5.74) is 5.51. The van der Waals surface area contributed by atoms with Crippen LogP contribution in [0.1, 0.15) is 5.56 Å². The van der Waals surface area contributed by atoms with Gasteiger partial charge in [-0.15, -0.1) is 0 Å². The number of hydrogen-bond donors (Lipinski definition) is 3. The number of alkyl halides is 1. The lowest BCUT2D eigenvalue weighted by molar-refractivity contribution is 0.279. The SMILES string of the molecule is NCc1cccc(Cl)c1S(=O)(=O)OC(Cl)P(=O)(O)O. The Kier molecular flexibility index (Phi) is 5.39. The molecule has 0 amide bonds. The van der Waals surface area contributed by atoms with Gasteiger partial charge in [0.2, 0.25) is 0 Å². The van der Waals surface area contributed by atoms with E-state index in [1.807, 2.05) is 0 Å². The van der Waals surface area contributed by atoms with E-state index in [1.165, 1.54) is 18.2 Å². The van der Waals surface area contributed by atoms with Crippen LogP contribution in [0.4, 0.5) is 0 Å². The molecule has 0 radical (unpaired) electrons. The van der Waals surface area contributed by atoms with Crippen molar-refractivity contribution in [3.05, 3.63) is 28.8 Å². The third-order valence-corrected chi connectivity index (χ3v) is 5.58. The van der Waals surface area contributed by atoms with Crippen LogP contribution in [0.5, 0.6) is 0 Å². The van der Waals surface area contributed by atoms with Gasteiger partial charge in [0.25, 0.3) is 5.30 Å². The molecule has 0 aliphatic heterocycles. The minimum absolute atomic E-state index is 0.141. The monoisotopic (exact) mass is 349 g/mol. The second-order valence-electron chi connectivity index (χ2n) is 3.36. The molecular weight excluding hydrogens is 340 g/mol. The molecule has 1 aromatic carbocycles. The zero-order chi connectivity index (χ0) is 14.8. The Morgan fingerprint density at radius 1 is 1.42 bits per heavy atom. The lowest BCUT2D eigenvalue weighted by Gasteiger charge is -2.15. The van der Waals surface area contributed by atoms with E-state index in [0.29, 0.717) is 0 Å². The molecule has 19 heavy (non-hydrogen) atoms. The molecular formula is C8H10Cl2NO6PS. The van der Waals surface area contributed by atoms with E-state index in [4.69, 9.17) is 38.7 Å². The molecule has 0 saturated carbocycles. The zero-order valence-electron chi connectivity index (χ0n) is 9.23. The molecule has 1 unspecified atom stereocenters. The number of hydrogen-bond acceptors (Lipinski definition) is 5. The molecule has 0 aromatic heterocycles. The molecule has 108 valence electrons. The van der Waals surface area contributed by atoms with Crippen LogP contribution in [0.25, 0.3) is 0 Å². The van der Waals surface area contributed by atoms with E-state index in [2.05, 4.69) is 4.18 Å². The Morgan fingerprint density at radius 2 is 2.00 bits per heavy atom. The van der Waals surface area contributed by atoms with Crippen molar-refractivity contribution in [1.82, 2.24) is 0 Å². The van der Waals surface area contributed by atoms with Gasteiger partial charge in [-0.05, 0) is 11.6 Å². The van der Waals surface area contributed by atoms with Gasteiger partial charge in [-0.25, -0.2) is 4.18 Å². The molecule has 11 heteroatoms. The molecule has 1 atom stereocenters. The van der Waals surface area contributed by atoms with E-state index in [9.17, 15) is 13.0 Å². The van der Waals surface area contributed by atoms with Crippen molar-refractivity contribution in [1.29, 1.82) is 0 Å². The molecule has 0 spiro atoms. The van der Waals surface area contributed by atoms with Gasteiger partial charge in [0.05, 0.1) is 5.02 Å². The second-order valence-corrected chi connectivity index (χ2v) is 7.63. The highest BCUT2D eigenvalue weighted by Crippen LogP contribution is 2.45. The highest BCUT2D eigenvalue weighted by molar-refractivity contribution is 7.87. The number of rotatable bonds is 5. The Labute approximate surface area is 119 Å². The summed E-state index contributed by atoms with van der Waals surface area (Å²) in [4.78, 5) is 17.0. The number of halogens is 2. The summed E-state index contributed by atoms with van der Waals surface area (Å²) < 4.78 is 38.8. The van der Waals surface area contributed by atoms with Gasteiger partial charge in [-0.3, -0.25) is 4.57 Å². The summed E-state index contributed by atoms with van der Waals surface area (Å²) in [6, 6.07) is 4.14. The molecule has 7 nitrogen and oxygen atoms in total. The minimum atomic E-state index is -4.92. The molecule has 0 aliphatic carbocycles. The largest absolute Gasteiger partial charge is 0.370 e. The Bertz CT molecular complexity index is 616. The van der Waals surface area contributed by atoms with Gasteiger partial charge in [-0.1, -0.05) is 35.3 Å². The quantitative estimate of drug-likeness (QED) is 0.414. The maximum absolute atomic E-state index is 11.9. The minimum Gasteiger partial charge on any atom is -0.326 e. The fraction of sp³-hybridized carbons (Fsp3) is 0.250. The normalized spacial score (nSPS) is 14.4. The maximum atomic E-state index is 11.9. The van der Waals surface area contributed by atoms with E-state index in [1.54, 1.807) is 0 Å². The molecule has 0 bridgehead atoms. The van der Waals surface area contributed by atoms with Crippen LogP contribution in [0.2, 0.25) is 5.02 Å². The maximum Gasteiger partial charge on any atom is 0.370 e. The van der Waals surface area contributed by atoms with Crippen LogP contribution in [-0.4, -0.2) is 23.5 Å². The fourth-order valence-corrected chi connectivity index (χ4v) is 3.84. The van der Waals surface area contributed by atoms with Crippen LogP contribution in [0.15, 0.2) is 23.1 Å². The first-order chi connectivity index (χ1) is 8.59. The first-order valence-corrected chi connectivity index (χ1v) is 8.60. The Balaban J connectivity index is 3.26. The molecule has 1 rings (SSSR count). The van der Waals surface area contributed by atoms with Gasteiger partial charge >= 0.3 is 17.7 Å². The van der Waals surface area contributed by atoms with Crippen molar-refractivity contribution in [3.8, 4) is 0 Å². The Hall–Kier alpha value is -0.180. The van der Waals surface area contributed by atoms with Crippen LogP contribution in [-0.2, 0) is 25.4 Å².